The fourth-order valence-electron chi connectivity index (χ4n) is 2.14. The SMILES string of the molecule is O=[N+]([O-])c1ccc(NCCCN2CCCC2)cn1. The summed E-state index contributed by atoms with van der Waals surface area (Å²) in [5.41, 5.74) is 0.835. The van der Waals surface area contributed by atoms with Gasteiger partial charge in [-0.25, -0.2) is 0 Å². The van der Waals surface area contributed by atoms with Gasteiger partial charge in [0.25, 0.3) is 0 Å². The van der Waals surface area contributed by atoms with Crippen LogP contribution in [0.3, 0.4) is 0 Å². The average Bonchev–Trinajstić information content (AvgIpc) is 2.88. The van der Waals surface area contributed by atoms with E-state index in [1.165, 1.54) is 38.2 Å². The summed E-state index contributed by atoms with van der Waals surface area (Å²) in [7, 11) is 0. The third-order valence-corrected chi connectivity index (χ3v) is 3.11. The number of hydrogen-bond acceptors (Lipinski definition) is 5. The van der Waals surface area contributed by atoms with Gasteiger partial charge in [0.15, 0.2) is 6.20 Å². The summed E-state index contributed by atoms with van der Waals surface area (Å²) in [5, 5.41) is 13.7. The van der Waals surface area contributed by atoms with Crippen molar-refractivity contribution in [2.75, 3.05) is 31.5 Å². The zero-order valence-corrected chi connectivity index (χ0v) is 10.3. The molecule has 1 saturated heterocycles. The number of aromatic nitrogens is 1. The number of rotatable bonds is 6. The molecule has 6 nitrogen and oxygen atoms in total. The summed E-state index contributed by atoms with van der Waals surface area (Å²) in [6.45, 7) is 4.43. The average molecular weight is 250 g/mol. The van der Waals surface area contributed by atoms with Gasteiger partial charge in [0.05, 0.1) is 5.69 Å². The Labute approximate surface area is 106 Å². The van der Waals surface area contributed by atoms with E-state index in [2.05, 4.69) is 15.2 Å². The fraction of sp³-hybridized carbons (Fsp3) is 0.583. The number of nitro groups is 1. The summed E-state index contributed by atoms with van der Waals surface area (Å²) in [5.74, 6) is -0.113. The first-order chi connectivity index (χ1) is 8.75. The highest BCUT2D eigenvalue weighted by Crippen LogP contribution is 2.11. The molecule has 1 aliphatic rings. The first-order valence-electron chi connectivity index (χ1n) is 6.32. The van der Waals surface area contributed by atoms with E-state index in [9.17, 15) is 10.1 Å². The van der Waals surface area contributed by atoms with E-state index in [0.29, 0.717) is 0 Å². The van der Waals surface area contributed by atoms with Crippen LogP contribution in [0.5, 0.6) is 0 Å². The van der Waals surface area contributed by atoms with Gasteiger partial charge < -0.3 is 20.3 Å². The molecule has 0 aliphatic carbocycles. The van der Waals surface area contributed by atoms with Crippen LogP contribution in [0.4, 0.5) is 11.5 Å². The number of nitrogens with zero attached hydrogens (tertiary/aromatic N) is 3. The molecule has 0 aromatic carbocycles. The minimum atomic E-state index is -0.489. The lowest BCUT2D eigenvalue weighted by Gasteiger charge is -2.14. The predicted molar refractivity (Wildman–Crippen MR) is 69.7 cm³/mol. The molecular weight excluding hydrogens is 232 g/mol. The van der Waals surface area contributed by atoms with Gasteiger partial charge in [0.1, 0.15) is 0 Å². The van der Waals surface area contributed by atoms with E-state index in [0.717, 1.165) is 25.2 Å². The molecule has 18 heavy (non-hydrogen) atoms. The highest BCUT2D eigenvalue weighted by Gasteiger charge is 2.10. The molecule has 1 fully saturated rings. The lowest BCUT2D eigenvalue weighted by molar-refractivity contribution is -0.389. The van der Waals surface area contributed by atoms with Gasteiger partial charge in [0.2, 0.25) is 0 Å². The van der Waals surface area contributed by atoms with Crippen molar-refractivity contribution >= 4 is 11.5 Å². The van der Waals surface area contributed by atoms with E-state index in [-0.39, 0.29) is 5.82 Å². The van der Waals surface area contributed by atoms with Crippen molar-refractivity contribution in [2.45, 2.75) is 19.3 Å². The van der Waals surface area contributed by atoms with Crippen LogP contribution in [0.15, 0.2) is 18.3 Å². The number of hydrogen-bond donors (Lipinski definition) is 1. The van der Waals surface area contributed by atoms with Crippen LogP contribution in [0, 0.1) is 10.1 Å². The Morgan fingerprint density at radius 1 is 1.39 bits per heavy atom. The fourth-order valence-corrected chi connectivity index (χ4v) is 2.14. The minimum absolute atomic E-state index is 0.113. The molecule has 1 aromatic rings. The van der Waals surface area contributed by atoms with Gasteiger partial charge in [-0.15, -0.1) is 0 Å². The van der Waals surface area contributed by atoms with Crippen molar-refractivity contribution in [3.8, 4) is 0 Å². The molecule has 2 heterocycles. The molecule has 6 heteroatoms. The summed E-state index contributed by atoms with van der Waals surface area (Å²) >= 11 is 0. The van der Waals surface area contributed by atoms with Crippen LogP contribution in [0.25, 0.3) is 0 Å². The van der Waals surface area contributed by atoms with Gasteiger partial charge >= 0.3 is 5.82 Å². The Balaban J connectivity index is 1.68. The molecule has 0 radical (unpaired) electrons. The Bertz CT molecular complexity index is 388. The lowest BCUT2D eigenvalue weighted by atomic mass is 10.3. The summed E-state index contributed by atoms with van der Waals surface area (Å²) in [6, 6.07) is 3.11. The number of anilines is 1. The van der Waals surface area contributed by atoms with Crippen molar-refractivity contribution < 1.29 is 4.92 Å². The van der Waals surface area contributed by atoms with Crippen molar-refractivity contribution in [3.63, 3.8) is 0 Å². The molecule has 0 amide bonds. The zero-order valence-electron chi connectivity index (χ0n) is 10.3. The van der Waals surface area contributed by atoms with E-state index in [1.807, 2.05) is 0 Å². The Morgan fingerprint density at radius 3 is 2.78 bits per heavy atom. The Hall–Kier alpha value is -1.69. The van der Waals surface area contributed by atoms with Crippen LogP contribution in [-0.4, -0.2) is 41.0 Å². The second kappa shape index (κ2) is 6.30. The van der Waals surface area contributed by atoms with Crippen molar-refractivity contribution in [3.05, 3.63) is 28.4 Å². The van der Waals surface area contributed by atoms with E-state index >= 15 is 0 Å². The molecule has 0 bridgehead atoms. The summed E-state index contributed by atoms with van der Waals surface area (Å²) in [6.07, 6.45) is 5.23. The normalized spacial score (nSPS) is 15.8. The maximum absolute atomic E-state index is 10.4. The quantitative estimate of drug-likeness (QED) is 0.474. The molecular formula is C12H18N4O2. The summed E-state index contributed by atoms with van der Waals surface area (Å²) in [4.78, 5) is 16.2. The molecule has 1 N–H and O–H groups in total. The monoisotopic (exact) mass is 250 g/mol. The van der Waals surface area contributed by atoms with Crippen molar-refractivity contribution in [2.24, 2.45) is 0 Å². The topological polar surface area (TPSA) is 71.3 Å². The molecule has 0 atom stereocenters. The molecule has 1 aliphatic heterocycles. The largest absolute Gasteiger partial charge is 0.382 e. The Kier molecular flexibility index (Phi) is 4.46. The Morgan fingerprint density at radius 2 is 2.17 bits per heavy atom. The lowest BCUT2D eigenvalue weighted by Crippen LogP contribution is -2.22. The third-order valence-electron chi connectivity index (χ3n) is 3.11. The van der Waals surface area contributed by atoms with Gasteiger partial charge in [-0.05, 0) is 54.9 Å². The van der Waals surface area contributed by atoms with E-state index in [1.54, 1.807) is 6.07 Å². The van der Waals surface area contributed by atoms with Gasteiger partial charge in [-0.2, -0.15) is 0 Å². The third kappa shape index (κ3) is 3.66. The number of likely N-dealkylation sites (tertiary alicyclic amines) is 1. The molecule has 2 rings (SSSR count). The molecule has 0 unspecified atom stereocenters. The van der Waals surface area contributed by atoms with Crippen LogP contribution in [0.2, 0.25) is 0 Å². The second-order valence-electron chi connectivity index (χ2n) is 4.49. The maximum Gasteiger partial charge on any atom is 0.363 e. The molecule has 0 spiro atoms. The molecule has 98 valence electrons. The highest BCUT2D eigenvalue weighted by atomic mass is 16.6. The maximum atomic E-state index is 10.4. The van der Waals surface area contributed by atoms with Gasteiger partial charge in [0, 0.05) is 12.6 Å². The first-order valence-corrected chi connectivity index (χ1v) is 6.32. The smallest absolute Gasteiger partial charge is 0.363 e. The summed E-state index contributed by atoms with van der Waals surface area (Å²) < 4.78 is 0. The minimum Gasteiger partial charge on any atom is -0.382 e. The van der Waals surface area contributed by atoms with Crippen LogP contribution in [0.1, 0.15) is 19.3 Å². The number of pyridine rings is 1. The van der Waals surface area contributed by atoms with E-state index in [4.69, 9.17) is 0 Å². The standard InChI is InChI=1S/C12H18N4O2/c17-16(18)12-5-4-11(10-14-12)13-6-3-9-15-7-1-2-8-15/h4-5,10,13H,1-3,6-9H2. The van der Waals surface area contributed by atoms with E-state index < -0.39 is 4.92 Å². The predicted octanol–water partition coefficient (Wildman–Crippen LogP) is 1.89. The van der Waals surface area contributed by atoms with Crippen molar-refractivity contribution in [1.29, 1.82) is 0 Å². The van der Waals surface area contributed by atoms with Crippen LogP contribution >= 0.6 is 0 Å². The van der Waals surface area contributed by atoms with Crippen LogP contribution < -0.4 is 5.32 Å². The van der Waals surface area contributed by atoms with Gasteiger partial charge in [-0.1, -0.05) is 0 Å². The van der Waals surface area contributed by atoms with Gasteiger partial charge in [-0.3, -0.25) is 0 Å². The molecule has 0 saturated carbocycles. The van der Waals surface area contributed by atoms with Crippen LogP contribution in [-0.2, 0) is 0 Å². The number of nitrogens with one attached hydrogen (secondary N) is 1. The second-order valence-corrected chi connectivity index (χ2v) is 4.49. The molecule has 1 aromatic heterocycles. The first kappa shape index (κ1) is 12.8. The zero-order chi connectivity index (χ0) is 12.8. The highest BCUT2D eigenvalue weighted by molar-refractivity contribution is 5.43. The van der Waals surface area contributed by atoms with Crippen molar-refractivity contribution in [1.82, 2.24) is 9.88 Å².